The van der Waals surface area contributed by atoms with Crippen LogP contribution >= 0.6 is 15.9 Å². The van der Waals surface area contributed by atoms with Gasteiger partial charge in [-0.1, -0.05) is 15.9 Å². The van der Waals surface area contributed by atoms with Crippen LogP contribution in [0.25, 0.3) is 0 Å². The maximum absolute atomic E-state index is 11.9. The molecular weight excluding hydrogens is 324 g/mol. The standard InChI is InChI=1S/C14H19BrN2O3/c1-2-20-12-5-4-10(15)8-11(12)17-13(18)16-9-14(19)6-3-7-14/h4-5,8,19H,2-3,6-7,9H2,1H3,(H2,16,17,18). The molecule has 2 amide bonds. The first-order chi connectivity index (χ1) is 9.52. The van der Waals surface area contributed by atoms with Crippen LogP contribution in [0.15, 0.2) is 22.7 Å². The molecule has 0 saturated heterocycles. The first kappa shape index (κ1) is 15.1. The predicted molar refractivity (Wildman–Crippen MR) is 81.1 cm³/mol. The highest BCUT2D eigenvalue weighted by Crippen LogP contribution is 2.31. The molecule has 0 radical (unpaired) electrons. The monoisotopic (exact) mass is 342 g/mol. The smallest absolute Gasteiger partial charge is 0.319 e. The first-order valence-corrected chi connectivity index (χ1v) is 7.51. The Morgan fingerprint density at radius 3 is 2.85 bits per heavy atom. The summed E-state index contributed by atoms with van der Waals surface area (Å²) < 4.78 is 6.31. The second-order valence-electron chi connectivity index (χ2n) is 4.96. The molecule has 1 aromatic carbocycles. The lowest BCUT2D eigenvalue weighted by atomic mass is 9.80. The van der Waals surface area contributed by atoms with E-state index < -0.39 is 5.60 Å². The lowest BCUT2D eigenvalue weighted by molar-refractivity contribution is -0.0287. The molecular formula is C14H19BrN2O3. The molecule has 20 heavy (non-hydrogen) atoms. The van der Waals surface area contributed by atoms with Crippen molar-refractivity contribution in [2.24, 2.45) is 0 Å². The summed E-state index contributed by atoms with van der Waals surface area (Å²) >= 11 is 3.36. The third-order valence-electron chi connectivity index (χ3n) is 3.35. The lowest BCUT2D eigenvalue weighted by Gasteiger charge is -2.36. The molecule has 0 bridgehead atoms. The summed E-state index contributed by atoms with van der Waals surface area (Å²) in [6, 6.07) is 5.08. The van der Waals surface area contributed by atoms with Crippen LogP contribution in [0.2, 0.25) is 0 Å². The Morgan fingerprint density at radius 2 is 2.25 bits per heavy atom. The van der Waals surface area contributed by atoms with Crippen molar-refractivity contribution in [3.05, 3.63) is 22.7 Å². The molecule has 0 spiro atoms. The number of aliphatic hydroxyl groups is 1. The molecule has 110 valence electrons. The van der Waals surface area contributed by atoms with Crippen LogP contribution in [0, 0.1) is 0 Å². The van der Waals surface area contributed by atoms with Crippen molar-refractivity contribution in [3.8, 4) is 5.75 Å². The maximum Gasteiger partial charge on any atom is 0.319 e. The van der Waals surface area contributed by atoms with Crippen molar-refractivity contribution in [2.45, 2.75) is 31.8 Å². The van der Waals surface area contributed by atoms with Crippen molar-refractivity contribution < 1.29 is 14.6 Å². The quantitative estimate of drug-likeness (QED) is 0.770. The minimum absolute atomic E-state index is 0.275. The van der Waals surface area contributed by atoms with E-state index in [4.69, 9.17) is 4.74 Å². The molecule has 1 saturated carbocycles. The highest BCUT2D eigenvalue weighted by molar-refractivity contribution is 9.10. The predicted octanol–water partition coefficient (Wildman–Crippen LogP) is 2.88. The number of carbonyl (C=O) groups excluding carboxylic acids is 1. The number of benzene rings is 1. The third kappa shape index (κ3) is 3.86. The van der Waals surface area contributed by atoms with Crippen LogP contribution in [0.3, 0.4) is 0 Å². The van der Waals surface area contributed by atoms with Gasteiger partial charge in [0, 0.05) is 11.0 Å². The topological polar surface area (TPSA) is 70.6 Å². The Kier molecular flexibility index (Phi) is 4.88. The van der Waals surface area contributed by atoms with Crippen molar-refractivity contribution >= 4 is 27.6 Å². The van der Waals surface area contributed by atoms with E-state index in [0.717, 1.165) is 23.7 Å². The van der Waals surface area contributed by atoms with Crippen molar-refractivity contribution in [2.75, 3.05) is 18.5 Å². The molecule has 1 aliphatic carbocycles. The molecule has 6 heteroatoms. The van der Waals surface area contributed by atoms with Gasteiger partial charge in [0.15, 0.2) is 0 Å². The minimum atomic E-state index is -0.725. The van der Waals surface area contributed by atoms with Crippen LogP contribution in [0.5, 0.6) is 5.75 Å². The van der Waals surface area contributed by atoms with E-state index >= 15 is 0 Å². The van der Waals surface area contributed by atoms with Gasteiger partial charge in [0.1, 0.15) is 5.75 Å². The number of urea groups is 1. The van der Waals surface area contributed by atoms with Gasteiger partial charge in [-0.2, -0.15) is 0 Å². The number of rotatable bonds is 5. The summed E-state index contributed by atoms with van der Waals surface area (Å²) in [6.07, 6.45) is 2.50. The van der Waals surface area contributed by atoms with Crippen molar-refractivity contribution in [1.82, 2.24) is 5.32 Å². The van der Waals surface area contributed by atoms with Crippen LogP contribution in [-0.2, 0) is 0 Å². The SMILES string of the molecule is CCOc1ccc(Br)cc1NC(=O)NCC1(O)CCC1. The number of hydrogen-bond acceptors (Lipinski definition) is 3. The molecule has 5 nitrogen and oxygen atoms in total. The number of nitrogens with one attached hydrogen (secondary N) is 2. The minimum Gasteiger partial charge on any atom is -0.492 e. The number of carbonyl (C=O) groups is 1. The zero-order valence-corrected chi connectivity index (χ0v) is 13.0. The molecule has 0 unspecified atom stereocenters. The summed E-state index contributed by atoms with van der Waals surface area (Å²) in [4.78, 5) is 11.9. The number of amides is 2. The third-order valence-corrected chi connectivity index (χ3v) is 3.85. The van der Waals surface area contributed by atoms with Crippen molar-refractivity contribution in [1.29, 1.82) is 0 Å². The molecule has 2 rings (SSSR count). The van der Waals surface area contributed by atoms with Gasteiger partial charge in [0.2, 0.25) is 0 Å². The zero-order chi connectivity index (χ0) is 14.6. The van der Waals surface area contributed by atoms with Gasteiger partial charge in [-0.25, -0.2) is 4.79 Å². The van der Waals surface area contributed by atoms with Gasteiger partial charge >= 0.3 is 6.03 Å². The Bertz CT molecular complexity index is 489. The number of anilines is 1. The van der Waals surface area contributed by atoms with Crippen LogP contribution in [0.1, 0.15) is 26.2 Å². The summed E-state index contributed by atoms with van der Waals surface area (Å²) in [7, 11) is 0. The molecule has 1 aromatic rings. The van der Waals surface area contributed by atoms with Gasteiger partial charge in [-0.15, -0.1) is 0 Å². The average molecular weight is 343 g/mol. The van der Waals surface area contributed by atoms with E-state index in [1.165, 1.54) is 0 Å². The summed E-state index contributed by atoms with van der Waals surface area (Å²) in [5.74, 6) is 0.619. The number of ether oxygens (including phenoxy) is 1. The molecule has 0 heterocycles. The van der Waals surface area contributed by atoms with Crippen LogP contribution in [-0.4, -0.2) is 29.9 Å². The fourth-order valence-corrected chi connectivity index (χ4v) is 2.42. The van der Waals surface area contributed by atoms with E-state index in [1.807, 2.05) is 13.0 Å². The molecule has 0 atom stereocenters. The van der Waals surface area contributed by atoms with E-state index in [0.29, 0.717) is 18.0 Å². The van der Waals surface area contributed by atoms with E-state index in [9.17, 15) is 9.90 Å². The highest BCUT2D eigenvalue weighted by Gasteiger charge is 2.34. The van der Waals surface area contributed by atoms with Crippen molar-refractivity contribution in [3.63, 3.8) is 0 Å². The summed E-state index contributed by atoms with van der Waals surface area (Å²) in [5, 5.41) is 15.4. The average Bonchev–Trinajstić information content (AvgIpc) is 2.37. The summed E-state index contributed by atoms with van der Waals surface area (Å²) in [6.45, 7) is 2.69. The van der Waals surface area contributed by atoms with E-state index in [2.05, 4.69) is 26.6 Å². The number of hydrogen-bond donors (Lipinski definition) is 3. The van der Waals surface area contributed by atoms with Crippen LogP contribution < -0.4 is 15.4 Å². The fourth-order valence-electron chi connectivity index (χ4n) is 2.05. The Labute approximate surface area is 126 Å². The van der Waals surface area contributed by atoms with Gasteiger partial charge in [0.25, 0.3) is 0 Å². The van der Waals surface area contributed by atoms with Gasteiger partial charge in [-0.3, -0.25) is 0 Å². The molecule has 1 fully saturated rings. The Hall–Kier alpha value is -1.27. The summed E-state index contributed by atoms with van der Waals surface area (Å²) in [5.41, 5.74) is -0.128. The molecule has 0 aliphatic heterocycles. The van der Waals surface area contributed by atoms with E-state index in [1.54, 1.807) is 12.1 Å². The number of halogens is 1. The first-order valence-electron chi connectivity index (χ1n) is 6.72. The van der Waals surface area contributed by atoms with Gasteiger partial charge in [0.05, 0.1) is 17.9 Å². The largest absolute Gasteiger partial charge is 0.492 e. The zero-order valence-electron chi connectivity index (χ0n) is 11.4. The second-order valence-corrected chi connectivity index (χ2v) is 5.87. The van der Waals surface area contributed by atoms with Gasteiger partial charge in [-0.05, 0) is 44.4 Å². The highest BCUT2D eigenvalue weighted by atomic mass is 79.9. The normalized spacial score (nSPS) is 16.1. The lowest BCUT2D eigenvalue weighted by Crippen LogP contribution is -2.48. The van der Waals surface area contributed by atoms with Gasteiger partial charge < -0.3 is 20.5 Å². The second kappa shape index (κ2) is 6.45. The van der Waals surface area contributed by atoms with E-state index in [-0.39, 0.29) is 12.6 Å². The molecule has 1 aliphatic rings. The Balaban J connectivity index is 1.94. The Morgan fingerprint density at radius 1 is 1.50 bits per heavy atom. The molecule has 3 N–H and O–H groups in total. The maximum atomic E-state index is 11.9. The molecule has 0 aromatic heterocycles. The van der Waals surface area contributed by atoms with Crippen LogP contribution in [0.4, 0.5) is 10.5 Å². The fraction of sp³-hybridized carbons (Fsp3) is 0.500.